The highest BCUT2D eigenvalue weighted by Gasteiger charge is 2.26. The molecule has 1 aromatic carbocycles. The van der Waals surface area contributed by atoms with Crippen LogP contribution >= 0.6 is 0 Å². The zero-order valence-electron chi connectivity index (χ0n) is 18.1. The van der Waals surface area contributed by atoms with Crippen molar-refractivity contribution in [3.8, 4) is 6.07 Å². The average molecular weight is 416 g/mol. The molecule has 0 unspecified atom stereocenters. The standard InChI is InChI=1S/C25H29N5O/c1-17-14-24(30-22-9-5-4-8-21(22)28-25(30)20(17)16-26)29-12-10-19(11-13-29)27-23(31)15-18-6-2-3-7-18/h4-5,8-9,14,18-19H,2-3,6-7,10-13,15H2,1H3,(H,27,31). The normalized spacial score (nSPS) is 18.0. The molecule has 6 nitrogen and oxygen atoms in total. The van der Waals surface area contributed by atoms with Crippen molar-refractivity contribution in [2.45, 2.75) is 57.9 Å². The Morgan fingerprint density at radius 3 is 2.68 bits per heavy atom. The average Bonchev–Trinajstić information content (AvgIpc) is 3.41. The number of nitrogens with zero attached hydrogens (tertiary/aromatic N) is 4. The second-order valence-electron chi connectivity index (χ2n) is 9.12. The Labute approximate surface area is 182 Å². The van der Waals surface area contributed by atoms with Crippen LogP contribution in [0.15, 0.2) is 30.3 Å². The van der Waals surface area contributed by atoms with Gasteiger partial charge in [0.05, 0.1) is 16.6 Å². The summed E-state index contributed by atoms with van der Waals surface area (Å²) in [5.41, 5.74) is 4.24. The van der Waals surface area contributed by atoms with E-state index in [1.165, 1.54) is 25.7 Å². The van der Waals surface area contributed by atoms with E-state index in [0.717, 1.165) is 54.0 Å². The van der Waals surface area contributed by atoms with Crippen LogP contribution in [-0.4, -0.2) is 34.4 Å². The Hall–Kier alpha value is -3.07. The van der Waals surface area contributed by atoms with Gasteiger partial charge in [0.2, 0.25) is 5.91 Å². The van der Waals surface area contributed by atoms with Gasteiger partial charge < -0.3 is 10.2 Å². The summed E-state index contributed by atoms with van der Waals surface area (Å²) >= 11 is 0. The third kappa shape index (κ3) is 3.74. The van der Waals surface area contributed by atoms with Gasteiger partial charge in [-0.1, -0.05) is 25.0 Å². The van der Waals surface area contributed by atoms with Crippen molar-refractivity contribution in [3.63, 3.8) is 0 Å². The van der Waals surface area contributed by atoms with Crippen LogP contribution in [0.3, 0.4) is 0 Å². The van der Waals surface area contributed by atoms with Gasteiger partial charge >= 0.3 is 0 Å². The molecule has 3 aromatic rings. The molecule has 0 bridgehead atoms. The molecule has 0 spiro atoms. The van der Waals surface area contributed by atoms with Gasteiger partial charge in [0.1, 0.15) is 11.9 Å². The van der Waals surface area contributed by atoms with Crippen molar-refractivity contribution in [3.05, 3.63) is 41.5 Å². The number of fused-ring (bicyclic) bond motifs is 3. The molecule has 1 amide bonds. The van der Waals surface area contributed by atoms with Crippen LogP contribution in [0, 0.1) is 24.2 Å². The van der Waals surface area contributed by atoms with Gasteiger partial charge in [0.25, 0.3) is 0 Å². The van der Waals surface area contributed by atoms with Gasteiger partial charge in [-0.25, -0.2) is 4.98 Å². The Bertz CT molecular complexity index is 1160. The maximum absolute atomic E-state index is 12.5. The molecule has 0 atom stereocenters. The zero-order chi connectivity index (χ0) is 21.4. The minimum Gasteiger partial charge on any atom is -0.358 e. The Balaban J connectivity index is 1.36. The number of imidazole rings is 1. The van der Waals surface area contributed by atoms with Gasteiger partial charge in [-0.15, -0.1) is 0 Å². The molecule has 5 rings (SSSR count). The molecular weight excluding hydrogens is 386 g/mol. The summed E-state index contributed by atoms with van der Waals surface area (Å²) in [5, 5.41) is 13.0. The second kappa shape index (κ2) is 8.22. The van der Waals surface area contributed by atoms with E-state index in [-0.39, 0.29) is 11.9 Å². The fraction of sp³-hybridized carbons (Fsp3) is 0.480. The van der Waals surface area contributed by atoms with E-state index in [1.807, 2.05) is 25.1 Å². The van der Waals surface area contributed by atoms with Gasteiger partial charge in [0, 0.05) is 25.6 Å². The predicted octanol–water partition coefficient (Wildman–Crippen LogP) is 4.33. The van der Waals surface area contributed by atoms with E-state index in [9.17, 15) is 10.1 Å². The van der Waals surface area contributed by atoms with Gasteiger partial charge in [-0.2, -0.15) is 5.26 Å². The number of nitrogens with one attached hydrogen (secondary N) is 1. The summed E-state index contributed by atoms with van der Waals surface area (Å²) in [4.78, 5) is 19.6. The van der Waals surface area contributed by atoms with E-state index in [4.69, 9.17) is 4.98 Å². The van der Waals surface area contributed by atoms with Gasteiger partial charge in [-0.3, -0.25) is 9.20 Å². The molecule has 1 aliphatic carbocycles. The highest BCUT2D eigenvalue weighted by Crippen LogP contribution is 2.31. The van der Waals surface area contributed by atoms with E-state index in [2.05, 4.69) is 32.8 Å². The summed E-state index contributed by atoms with van der Waals surface area (Å²) in [6.45, 7) is 3.74. The molecule has 2 aromatic heterocycles. The predicted molar refractivity (Wildman–Crippen MR) is 122 cm³/mol. The molecule has 1 saturated carbocycles. The van der Waals surface area contributed by atoms with Crippen LogP contribution in [0.5, 0.6) is 0 Å². The summed E-state index contributed by atoms with van der Waals surface area (Å²) in [5.74, 6) is 1.89. The molecular formula is C25H29N5O. The minimum atomic E-state index is 0.225. The van der Waals surface area contributed by atoms with Crippen molar-refractivity contribution in [1.82, 2.24) is 14.7 Å². The highest BCUT2D eigenvalue weighted by molar-refractivity contribution is 5.85. The van der Waals surface area contributed by atoms with Crippen molar-refractivity contribution in [2.75, 3.05) is 18.0 Å². The lowest BCUT2D eigenvalue weighted by atomic mass is 10.0. The number of pyridine rings is 1. The molecule has 0 radical (unpaired) electrons. The third-order valence-electron chi connectivity index (χ3n) is 7.00. The first kappa shape index (κ1) is 19.9. The van der Waals surface area contributed by atoms with E-state index < -0.39 is 0 Å². The van der Waals surface area contributed by atoms with E-state index in [0.29, 0.717) is 17.9 Å². The Morgan fingerprint density at radius 1 is 1.19 bits per heavy atom. The number of piperidine rings is 1. The van der Waals surface area contributed by atoms with Crippen LogP contribution in [-0.2, 0) is 4.79 Å². The summed E-state index contributed by atoms with van der Waals surface area (Å²) in [6, 6.07) is 12.7. The minimum absolute atomic E-state index is 0.225. The topological polar surface area (TPSA) is 73.4 Å². The van der Waals surface area contributed by atoms with Crippen molar-refractivity contribution in [2.24, 2.45) is 5.92 Å². The molecule has 2 aliphatic rings. The van der Waals surface area contributed by atoms with Crippen LogP contribution in [0.1, 0.15) is 56.1 Å². The summed E-state index contributed by atoms with van der Waals surface area (Å²) in [7, 11) is 0. The molecule has 1 N–H and O–H groups in total. The maximum atomic E-state index is 12.5. The summed E-state index contributed by atoms with van der Waals surface area (Å²) < 4.78 is 2.12. The number of carbonyl (C=O) groups excluding carboxylic acids is 1. The van der Waals surface area contributed by atoms with Crippen LogP contribution in [0.2, 0.25) is 0 Å². The number of aryl methyl sites for hydroxylation is 1. The highest BCUT2D eigenvalue weighted by atomic mass is 16.1. The fourth-order valence-corrected chi connectivity index (χ4v) is 5.32. The molecule has 2 fully saturated rings. The van der Waals surface area contributed by atoms with Gasteiger partial charge in [-0.05, 0) is 62.3 Å². The van der Waals surface area contributed by atoms with E-state index in [1.54, 1.807) is 0 Å². The first-order valence-corrected chi connectivity index (χ1v) is 11.5. The molecule has 6 heteroatoms. The van der Waals surface area contributed by atoms with Crippen molar-refractivity contribution >= 4 is 28.4 Å². The number of hydrogen-bond acceptors (Lipinski definition) is 4. The van der Waals surface area contributed by atoms with Crippen molar-refractivity contribution < 1.29 is 4.79 Å². The molecule has 160 valence electrons. The first-order chi connectivity index (χ1) is 15.1. The number of hydrogen-bond donors (Lipinski definition) is 1. The number of rotatable bonds is 4. The first-order valence-electron chi connectivity index (χ1n) is 11.5. The Kier molecular flexibility index (Phi) is 5.27. The molecule has 3 heterocycles. The Morgan fingerprint density at radius 2 is 1.94 bits per heavy atom. The smallest absolute Gasteiger partial charge is 0.220 e. The number of carbonyl (C=O) groups is 1. The molecule has 1 aliphatic heterocycles. The zero-order valence-corrected chi connectivity index (χ0v) is 18.1. The van der Waals surface area contributed by atoms with Crippen LogP contribution < -0.4 is 10.2 Å². The largest absolute Gasteiger partial charge is 0.358 e. The lowest BCUT2D eigenvalue weighted by Gasteiger charge is -2.34. The van der Waals surface area contributed by atoms with Crippen LogP contribution in [0.25, 0.3) is 16.7 Å². The fourth-order valence-electron chi connectivity index (χ4n) is 5.32. The monoisotopic (exact) mass is 415 g/mol. The summed E-state index contributed by atoms with van der Waals surface area (Å²) in [6.07, 6.45) is 7.52. The maximum Gasteiger partial charge on any atom is 0.220 e. The third-order valence-corrected chi connectivity index (χ3v) is 7.00. The quantitative estimate of drug-likeness (QED) is 0.688. The molecule has 31 heavy (non-hydrogen) atoms. The second-order valence-corrected chi connectivity index (χ2v) is 9.12. The SMILES string of the molecule is Cc1cc(N2CCC(NC(=O)CC3CCCC3)CC2)n2c(nc3ccccc32)c1C#N. The number of nitriles is 1. The van der Waals surface area contributed by atoms with Crippen LogP contribution in [0.4, 0.5) is 5.82 Å². The lowest BCUT2D eigenvalue weighted by molar-refractivity contribution is -0.122. The number of para-hydroxylation sites is 2. The van der Waals surface area contributed by atoms with Gasteiger partial charge in [0.15, 0.2) is 5.65 Å². The molecule has 1 saturated heterocycles. The number of aromatic nitrogens is 2. The van der Waals surface area contributed by atoms with Crippen molar-refractivity contribution in [1.29, 1.82) is 5.26 Å². The van der Waals surface area contributed by atoms with E-state index >= 15 is 0 Å². The number of amides is 1. The number of anilines is 1. The lowest BCUT2D eigenvalue weighted by Crippen LogP contribution is -2.45. The number of benzene rings is 1.